The first-order valence-electron chi connectivity index (χ1n) is 8.89. The number of amides is 2. The maximum Gasteiger partial charge on any atom is 0.261 e. The maximum atomic E-state index is 12.9. The van der Waals surface area contributed by atoms with Gasteiger partial charge in [0.15, 0.2) is 0 Å². The van der Waals surface area contributed by atoms with Gasteiger partial charge in [-0.15, -0.1) is 11.3 Å². The molecule has 138 valence electrons. The third-order valence-electron chi connectivity index (χ3n) is 4.80. The molecule has 27 heavy (non-hydrogen) atoms. The number of likely N-dealkylation sites (N-methyl/N-ethyl adjacent to an activating group) is 1. The Bertz CT molecular complexity index is 989. The van der Waals surface area contributed by atoms with Crippen LogP contribution < -0.4 is 5.32 Å². The fraction of sp³-hybridized carbons (Fsp3) is 0.238. The molecule has 3 aromatic rings. The molecular formula is C21H21N3O2S. The molecule has 0 spiro atoms. The largest absolute Gasteiger partial charge is 0.380 e. The number of rotatable bonds is 6. The highest BCUT2D eigenvalue weighted by Crippen LogP contribution is 2.34. The molecule has 2 aromatic carbocycles. The molecule has 0 bridgehead atoms. The lowest BCUT2D eigenvalue weighted by Crippen LogP contribution is -2.43. The highest BCUT2D eigenvalue weighted by atomic mass is 32.1. The van der Waals surface area contributed by atoms with Gasteiger partial charge in [0, 0.05) is 52.1 Å². The number of imide groups is 1. The molecule has 1 aliphatic rings. The number of carbonyl (C=O) groups is 2. The van der Waals surface area contributed by atoms with E-state index in [2.05, 4.69) is 11.4 Å². The standard InChI is InChI=1S/C21H21N3O2S/c1-23(2)10-11-24-20(25)16-7-3-6-15-18(22-13-14-5-4-12-27-14)9-8-17(19(15)16)21(24)26/h3-9,12,22H,10-11,13H2,1-2H3. The van der Waals surface area contributed by atoms with Gasteiger partial charge in [-0.1, -0.05) is 18.2 Å². The van der Waals surface area contributed by atoms with Crippen molar-refractivity contribution in [2.24, 2.45) is 0 Å². The van der Waals surface area contributed by atoms with Gasteiger partial charge in [0.25, 0.3) is 11.8 Å². The SMILES string of the molecule is CN(C)CCN1C(=O)c2cccc3c(NCc4cccs4)ccc(c23)C1=O. The Morgan fingerprint density at radius 1 is 1.00 bits per heavy atom. The van der Waals surface area contributed by atoms with Crippen molar-refractivity contribution in [1.29, 1.82) is 0 Å². The van der Waals surface area contributed by atoms with Crippen molar-refractivity contribution in [3.8, 4) is 0 Å². The highest BCUT2D eigenvalue weighted by Gasteiger charge is 2.33. The molecular weight excluding hydrogens is 358 g/mol. The quantitative estimate of drug-likeness (QED) is 0.664. The number of nitrogens with zero attached hydrogens (tertiary/aromatic N) is 2. The van der Waals surface area contributed by atoms with Crippen LogP contribution >= 0.6 is 11.3 Å². The lowest BCUT2D eigenvalue weighted by atomic mass is 9.93. The fourth-order valence-electron chi connectivity index (χ4n) is 3.40. The first kappa shape index (κ1) is 17.7. The second kappa shape index (κ2) is 7.13. The number of benzene rings is 2. The first-order valence-corrected chi connectivity index (χ1v) is 9.77. The predicted octanol–water partition coefficient (Wildman–Crippen LogP) is 3.67. The van der Waals surface area contributed by atoms with E-state index in [1.807, 2.05) is 60.8 Å². The maximum absolute atomic E-state index is 12.9. The smallest absolute Gasteiger partial charge is 0.261 e. The van der Waals surface area contributed by atoms with Gasteiger partial charge in [0.2, 0.25) is 0 Å². The van der Waals surface area contributed by atoms with E-state index in [1.54, 1.807) is 11.3 Å². The van der Waals surface area contributed by atoms with Gasteiger partial charge in [-0.25, -0.2) is 0 Å². The molecule has 1 aliphatic heterocycles. The molecule has 2 heterocycles. The number of nitrogens with one attached hydrogen (secondary N) is 1. The van der Waals surface area contributed by atoms with Crippen LogP contribution in [0.15, 0.2) is 47.8 Å². The summed E-state index contributed by atoms with van der Waals surface area (Å²) in [4.78, 5) is 30.5. The van der Waals surface area contributed by atoms with Gasteiger partial charge < -0.3 is 10.2 Å². The van der Waals surface area contributed by atoms with E-state index in [9.17, 15) is 9.59 Å². The average Bonchev–Trinajstić information content (AvgIpc) is 3.18. The van der Waals surface area contributed by atoms with Crippen molar-refractivity contribution in [2.75, 3.05) is 32.5 Å². The molecule has 0 aliphatic carbocycles. The summed E-state index contributed by atoms with van der Waals surface area (Å²) in [5, 5.41) is 7.16. The minimum Gasteiger partial charge on any atom is -0.380 e. The van der Waals surface area contributed by atoms with Crippen LogP contribution in [0.2, 0.25) is 0 Å². The van der Waals surface area contributed by atoms with E-state index in [1.165, 1.54) is 9.78 Å². The Morgan fingerprint density at radius 3 is 2.48 bits per heavy atom. The van der Waals surface area contributed by atoms with Crippen LogP contribution in [-0.2, 0) is 6.54 Å². The Morgan fingerprint density at radius 2 is 1.78 bits per heavy atom. The molecule has 0 fully saturated rings. The molecule has 4 rings (SSSR count). The number of hydrogen-bond donors (Lipinski definition) is 1. The van der Waals surface area contributed by atoms with E-state index in [0.29, 0.717) is 30.8 Å². The van der Waals surface area contributed by atoms with Gasteiger partial charge in [-0.05, 0) is 43.7 Å². The normalized spacial score (nSPS) is 13.7. The predicted molar refractivity (Wildman–Crippen MR) is 110 cm³/mol. The van der Waals surface area contributed by atoms with Crippen LogP contribution in [0, 0.1) is 0 Å². The van der Waals surface area contributed by atoms with Crippen LogP contribution in [0.5, 0.6) is 0 Å². The first-order chi connectivity index (χ1) is 13.1. The lowest BCUT2D eigenvalue weighted by molar-refractivity contribution is 0.0601. The van der Waals surface area contributed by atoms with E-state index in [0.717, 1.165) is 16.5 Å². The fourth-order valence-corrected chi connectivity index (χ4v) is 4.04. The van der Waals surface area contributed by atoms with Gasteiger partial charge in [0.05, 0.1) is 0 Å². The van der Waals surface area contributed by atoms with Crippen molar-refractivity contribution < 1.29 is 9.59 Å². The minimum atomic E-state index is -0.213. The Kier molecular flexibility index (Phi) is 4.68. The molecule has 5 nitrogen and oxygen atoms in total. The van der Waals surface area contributed by atoms with Gasteiger partial charge in [-0.3, -0.25) is 14.5 Å². The molecule has 0 atom stereocenters. The second-order valence-corrected chi connectivity index (χ2v) is 7.92. The molecule has 6 heteroatoms. The summed E-state index contributed by atoms with van der Waals surface area (Å²) in [6, 6.07) is 13.5. The van der Waals surface area contributed by atoms with Crippen LogP contribution in [0.4, 0.5) is 5.69 Å². The second-order valence-electron chi connectivity index (χ2n) is 6.89. The number of anilines is 1. The summed E-state index contributed by atoms with van der Waals surface area (Å²) in [5.41, 5.74) is 2.13. The molecule has 1 N–H and O–H groups in total. The molecule has 0 unspecified atom stereocenters. The zero-order chi connectivity index (χ0) is 19.0. The Balaban J connectivity index is 1.72. The molecule has 0 saturated carbocycles. The van der Waals surface area contributed by atoms with Gasteiger partial charge in [0.1, 0.15) is 0 Å². The van der Waals surface area contributed by atoms with E-state index < -0.39 is 0 Å². The summed E-state index contributed by atoms with van der Waals surface area (Å²) in [6.45, 7) is 1.75. The van der Waals surface area contributed by atoms with Gasteiger partial charge >= 0.3 is 0 Å². The minimum absolute atomic E-state index is 0.213. The monoisotopic (exact) mass is 379 g/mol. The van der Waals surface area contributed by atoms with Crippen LogP contribution in [-0.4, -0.2) is 48.8 Å². The third kappa shape index (κ3) is 3.22. The number of carbonyl (C=O) groups excluding carboxylic acids is 2. The highest BCUT2D eigenvalue weighted by molar-refractivity contribution is 7.09. The molecule has 0 saturated heterocycles. The lowest BCUT2D eigenvalue weighted by Gasteiger charge is -2.28. The summed E-state index contributed by atoms with van der Waals surface area (Å²) in [6.07, 6.45) is 0. The summed E-state index contributed by atoms with van der Waals surface area (Å²) in [7, 11) is 3.86. The van der Waals surface area contributed by atoms with Crippen molar-refractivity contribution in [2.45, 2.75) is 6.54 Å². The summed E-state index contributed by atoms with van der Waals surface area (Å²) < 4.78 is 0. The van der Waals surface area contributed by atoms with Crippen molar-refractivity contribution in [3.05, 3.63) is 63.8 Å². The number of hydrogen-bond acceptors (Lipinski definition) is 5. The van der Waals surface area contributed by atoms with Crippen molar-refractivity contribution >= 4 is 39.6 Å². The van der Waals surface area contributed by atoms with Crippen molar-refractivity contribution in [1.82, 2.24) is 9.80 Å². The van der Waals surface area contributed by atoms with Crippen molar-refractivity contribution in [3.63, 3.8) is 0 Å². The molecule has 0 radical (unpaired) electrons. The molecule has 1 aromatic heterocycles. The van der Waals surface area contributed by atoms with E-state index in [4.69, 9.17) is 0 Å². The third-order valence-corrected chi connectivity index (χ3v) is 5.67. The molecule has 2 amide bonds. The number of thiophene rings is 1. The Hall–Kier alpha value is -2.70. The Labute approximate surface area is 162 Å². The zero-order valence-electron chi connectivity index (χ0n) is 15.4. The van der Waals surface area contributed by atoms with Crippen LogP contribution in [0.1, 0.15) is 25.6 Å². The van der Waals surface area contributed by atoms with E-state index in [-0.39, 0.29) is 11.8 Å². The average molecular weight is 379 g/mol. The van der Waals surface area contributed by atoms with E-state index >= 15 is 0 Å². The van der Waals surface area contributed by atoms with Gasteiger partial charge in [-0.2, -0.15) is 0 Å². The van der Waals surface area contributed by atoms with Crippen LogP contribution in [0.25, 0.3) is 10.8 Å². The summed E-state index contributed by atoms with van der Waals surface area (Å²) >= 11 is 1.70. The zero-order valence-corrected chi connectivity index (χ0v) is 16.2. The van der Waals surface area contributed by atoms with Crippen LogP contribution in [0.3, 0.4) is 0 Å². The summed E-state index contributed by atoms with van der Waals surface area (Å²) in [5.74, 6) is -0.425. The topological polar surface area (TPSA) is 52.6 Å².